The summed E-state index contributed by atoms with van der Waals surface area (Å²) in [6, 6.07) is 25.0. The van der Waals surface area contributed by atoms with Gasteiger partial charge in [-0.1, -0.05) is 24.3 Å². The molecule has 0 aliphatic carbocycles. The highest BCUT2D eigenvalue weighted by Gasteiger charge is 2.04. The molecule has 2 N–H and O–H groups in total. The van der Waals surface area contributed by atoms with Gasteiger partial charge in [0, 0.05) is 28.8 Å². The number of carbonyl (C=O) groups is 1. The summed E-state index contributed by atoms with van der Waals surface area (Å²) >= 11 is 0. The molecule has 0 heterocycles. The minimum atomic E-state index is -0.742. The predicted molar refractivity (Wildman–Crippen MR) is 98.9 cm³/mol. The number of benzene rings is 3. The standard InChI is InChI=1S/C20H18N2O3/c1-24-20(23)25-19-9-5-8-18(14-19)22-17-12-10-16(11-13-17)21-15-6-3-2-4-7-15/h2-14,21-22H,1H3. The molecular formula is C20H18N2O3. The highest BCUT2D eigenvalue weighted by Crippen LogP contribution is 2.24. The third-order valence-corrected chi connectivity index (χ3v) is 3.44. The molecule has 25 heavy (non-hydrogen) atoms. The minimum absolute atomic E-state index is 0.416. The lowest BCUT2D eigenvalue weighted by atomic mass is 10.2. The van der Waals surface area contributed by atoms with Gasteiger partial charge in [0.15, 0.2) is 0 Å². The highest BCUT2D eigenvalue weighted by molar-refractivity contribution is 5.68. The lowest BCUT2D eigenvalue weighted by molar-refractivity contribution is 0.121. The largest absolute Gasteiger partial charge is 0.513 e. The van der Waals surface area contributed by atoms with Crippen LogP contribution in [0.5, 0.6) is 5.75 Å². The Morgan fingerprint density at radius 2 is 1.28 bits per heavy atom. The first-order valence-corrected chi connectivity index (χ1v) is 7.78. The fourth-order valence-electron chi connectivity index (χ4n) is 2.27. The molecule has 0 fully saturated rings. The second-order valence-corrected chi connectivity index (χ2v) is 5.28. The number of carbonyl (C=O) groups excluding carboxylic acids is 1. The van der Waals surface area contributed by atoms with E-state index in [4.69, 9.17) is 4.74 Å². The molecule has 3 aromatic carbocycles. The van der Waals surface area contributed by atoms with Crippen molar-refractivity contribution in [2.75, 3.05) is 17.7 Å². The van der Waals surface area contributed by atoms with Gasteiger partial charge in [-0.25, -0.2) is 4.79 Å². The second kappa shape index (κ2) is 7.88. The highest BCUT2D eigenvalue weighted by atomic mass is 16.7. The van der Waals surface area contributed by atoms with Crippen molar-refractivity contribution in [2.24, 2.45) is 0 Å². The third-order valence-electron chi connectivity index (χ3n) is 3.44. The Kier molecular flexibility index (Phi) is 5.16. The molecule has 3 rings (SSSR count). The SMILES string of the molecule is COC(=O)Oc1cccc(Nc2ccc(Nc3ccccc3)cc2)c1. The first-order chi connectivity index (χ1) is 12.2. The zero-order chi connectivity index (χ0) is 17.5. The molecule has 5 heteroatoms. The number of nitrogens with one attached hydrogen (secondary N) is 2. The van der Waals surface area contributed by atoms with Crippen LogP contribution in [0.15, 0.2) is 78.9 Å². The zero-order valence-electron chi connectivity index (χ0n) is 13.7. The summed E-state index contributed by atoms with van der Waals surface area (Å²) in [6.07, 6.45) is -0.742. The monoisotopic (exact) mass is 334 g/mol. The summed E-state index contributed by atoms with van der Waals surface area (Å²) in [5.74, 6) is 0.416. The molecule has 5 nitrogen and oxygen atoms in total. The maximum absolute atomic E-state index is 11.2. The van der Waals surface area contributed by atoms with Crippen LogP contribution in [0.1, 0.15) is 0 Å². The van der Waals surface area contributed by atoms with Gasteiger partial charge in [0.05, 0.1) is 7.11 Å². The van der Waals surface area contributed by atoms with Crippen molar-refractivity contribution >= 4 is 28.9 Å². The van der Waals surface area contributed by atoms with Gasteiger partial charge >= 0.3 is 6.16 Å². The van der Waals surface area contributed by atoms with E-state index in [-0.39, 0.29) is 0 Å². The number of methoxy groups -OCH3 is 1. The van der Waals surface area contributed by atoms with Crippen LogP contribution >= 0.6 is 0 Å². The quantitative estimate of drug-likeness (QED) is 0.488. The first-order valence-electron chi connectivity index (χ1n) is 7.78. The molecule has 0 amide bonds. The van der Waals surface area contributed by atoms with Gasteiger partial charge in [-0.15, -0.1) is 0 Å². The predicted octanol–water partition coefficient (Wildman–Crippen LogP) is 5.32. The molecule has 0 aliphatic rings. The van der Waals surface area contributed by atoms with Crippen LogP contribution in [0.4, 0.5) is 27.5 Å². The van der Waals surface area contributed by atoms with Crippen molar-refractivity contribution in [1.29, 1.82) is 0 Å². The Hall–Kier alpha value is -3.47. The van der Waals surface area contributed by atoms with Crippen LogP contribution in [0.2, 0.25) is 0 Å². The van der Waals surface area contributed by atoms with Crippen LogP contribution in [-0.4, -0.2) is 13.3 Å². The summed E-state index contributed by atoms with van der Waals surface area (Å²) in [7, 11) is 1.27. The van der Waals surface area contributed by atoms with Crippen LogP contribution < -0.4 is 15.4 Å². The number of ether oxygens (including phenoxy) is 2. The topological polar surface area (TPSA) is 59.6 Å². The van der Waals surface area contributed by atoms with Crippen LogP contribution in [0.3, 0.4) is 0 Å². The Labute approximate surface area is 146 Å². The van der Waals surface area contributed by atoms with E-state index in [1.807, 2.05) is 60.7 Å². The fraction of sp³-hybridized carbons (Fsp3) is 0.0500. The van der Waals surface area contributed by atoms with Crippen LogP contribution in [0, 0.1) is 0 Å². The number of hydrogen-bond acceptors (Lipinski definition) is 5. The van der Waals surface area contributed by atoms with Crippen molar-refractivity contribution < 1.29 is 14.3 Å². The Morgan fingerprint density at radius 1 is 0.720 bits per heavy atom. The van der Waals surface area contributed by atoms with Gasteiger partial charge in [-0.3, -0.25) is 0 Å². The van der Waals surface area contributed by atoms with Crippen molar-refractivity contribution in [1.82, 2.24) is 0 Å². The van der Waals surface area contributed by atoms with E-state index in [1.165, 1.54) is 7.11 Å². The minimum Gasteiger partial charge on any atom is -0.437 e. The Morgan fingerprint density at radius 3 is 1.92 bits per heavy atom. The van der Waals surface area contributed by atoms with Gasteiger partial charge in [0.1, 0.15) is 5.75 Å². The number of para-hydroxylation sites is 1. The van der Waals surface area contributed by atoms with Crippen molar-refractivity contribution in [3.63, 3.8) is 0 Å². The molecule has 0 atom stereocenters. The molecule has 0 unspecified atom stereocenters. The fourth-order valence-corrected chi connectivity index (χ4v) is 2.27. The normalized spacial score (nSPS) is 9.96. The van der Waals surface area contributed by atoms with Crippen molar-refractivity contribution in [3.05, 3.63) is 78.9 Å². The Bertz CT molecular complexity index is 833. The average Bonchev–Trinajstić information content (AvgIpc) is 2.64. The number of anilines is 4. The van der Waals surface area contributed by atoms with E-state index in [1.54, 1.807) is 18.2 Å². The van der Waals surface area contributed by atoms with Gasteiger partial charge in [-0.05, 0) is 48.5 Å². The zero-order valence-corrected chi connectivity index (χ0v) is 13.7. The molecule has 0 saturated heterocycles. The van der Waals surface area contributed by atoms with Crippen molar-refractivity contribution in [3.8, 4) is 5.75 Å². The van der Waals surface area contributed by atoms with Gasteiger partial charge < -0.3 is 20.1 Å². The average molecular weight is 334 g/mol. The summed E-state index contributed by atoms with van der Waals surface area (Å²) in [4.78, 5) is 11.2. The van der Waals surface area contributed by atoms with Crippen LogP contribution in [-0.2, 0) is 4.74 Å². The van der Waals surface area contributed by atoms with Gasteiger partial charge in [0.2, 0.25) is 0 Å². The van der Waals surface area contributed by atoms with Crippen LogP contribution in [0.25, 0.3) is 0 Å². The van der Waals surface area contributed by atoms with E-state index < -0.39 is 6.16 Å². The summed E-state index contributed by atoms with van der Waals surface area (Å²) in [5.41, 5.74) is 3.77. The van der Waals surface area contributed by atoms with E-state index >= 15 is 0 Å². The molecule has 3 aromatic rings. The summed E-state index contributed by atoms with van der Waals surface area (Å²) in [5, 5.41) is 6.60. The Balaban J connectivity index is 1.65. The summed E-state index contributed by atoms with van der Waals surface area (Å²) < 4.78 is 9.50. The van der Waals surface area contributed by atoms with E-state index in [0.29, 0.717) is 5.75 Å². The van der Waals surface area contributed by atoms with E-state index in [0.717, 1.165) is 22.7 Å². The molecule has 0 aliphatic heterocycles. The molecule has 126 valence electrons. The molecule has 0 bridgehead atoms. The lowest BCUT2D eigenvalue weighted by Gasteiger charge is -2.10. The third kappa shape index (κ3) is 4.75. The first kappa shape index (κ1) is 16.4. The second-order valence-electron chi connectivity index (χ2n) is 5.28. The summed E-state index contributed by atoms with van der Waals surface area (Å²) in [6.45, 7) is 0. The number of hydrogen-bond donors (Lipinski definition) is 2. The molecule has 0 radical (unpaired) electrons. The molecule has 0 saturated carbocycles. The molecule has 0 spiro atoms. The maximum Gasteiger partial charge on any atom is 0.513 e. The molecular weight excluding hydrogens is 316 g/mol. The van der Waals surface area contributed by atoms with Gasteiger partial charge in [0.25, 0.3) is 0 Å². The smallest absolute Gasteiger partial charge is 0.437 e. The van der Waals surface area contributed by atoms with E-state index in [9.17, 15) is 4.79 Å². The lowest BCUT2D eigenvalue weighted by Crippen LogP contribution is -2.07. The van der Waals surface area contributed by atoms with E-state index in [2.05, 4.69) is 15.4 Å². The van der Waals surface area contributed by atoms with Gasteiger partial charge in [-0.2, -0.15) is 0 Å². The maximum atomic E-state index is 11.2. The van der Waals surface area contributed by atoms with Crippen molar-refractivity contribution in [2.45, 2.75) is 0 Å². The number of rotatable bonds is 5. The molecule has 0 aromatic heterocycles.